The number of benzene rings is 1. The van der Waals surface area contributed by atoms with E-state index in [1.54, 1.807) is 0 Å². The number of fused-ring (bicyclic) bond motifs is 1. The number of rotatable bonds is 4. The van der Waals surface area contributed by atoms with Gasteiger partial charge in [-0.3, -0.25) is 0 Å². The van der Waals surface area contributed by atoms with E-state index in [0.717, 1.165) is 24.2 Å². The van der Waals surface area contributed by atoms with Crippen LogP contribution in [0.5, 0.6) is 0 Å². The van der Waals surface area contributed by atoms with Crippen LogP contribution in [-0.2, 0) is 6.54 Å². The van der Waals surface area contributed by atoms with Gasteiger partial charge in [-0.15, -0.1) is 0 Å². The van der Waals surface area contributed by atoms with Crippen LogP contribution in [0.2, 0.25) is 0 Å². The van der Waals surface area contributed by atoms with Gasteiger partial charge in [0, 0.05) is 26.6 Å². The summed E-state index contributed by atoms with van der Waals surface area (Å²) >= 11 is 0. The molecule has 4 nitrogen and oxygen atoms in total. The van der Waals surface area contributed by atoms with E-state index in [-0.39, 0.29) is 0 Å². The Hall–Kier alpha value is -1.39. The average Bonchev–Trinajstić information content (AvgIpc) is 2.57. The van der Waals surface area contributed by atoms with Crippen LogP contribution in [0.3, 0.4) is 0 Å². The zero-order valence-corrected chi connectivity index (χ0v) is 8.79. The van der Waals surface area contributed by atoms with Gasteiger partial charge in [0.15, 0.2) is 11.5 Å². The summed E-state index contributed by atoms with van der Waals surface area (Å²) in [5.41, 5.74) is 8.35. The monoisotopic (exact) mass is 205 g/mol. The molecule has 0 aliphatic rings. The third kappa shape index (κ3) is 2.34. The first-order chi connectivity index (χ1) is 7.29. The van der Waals surface area contributed by atoms with Crippen molar-refractivity contribution in [3.63, 3.8) is 0 Å². The predicted molar refractivity (Wildman–Crippen MR) is 59.5 cm³/mol. The highest BCUT2D eigenvalue weighted by Crippen LogP contribution is 2.16. The molecule has 3 N–H and O–H groups in total. The lowest BCUT2D eigenvalue weighted by atomic mass is 10.2. The summed E-state index contributed by atoms with van der Waals surface area (Å²) in [5, 5.41) is 3.24. The minimum Gasteiger partial charge on any atom is -0.441 e. The topological polar surface area (TPSA) is 64.1 Å². The van der Waals surface area contributed by atoms with Gasteiger partial charge in [0.05, 0.1) is 0 Å². The Labute approximate surface area is 88.5 Å². The molecule has 0 atom stereocenters. The van der Waals surface area contributed by atoms with E-state index in [9.17, 15) is 0 Å². The van der Waals surface area contributed by atoms with Gasteiger partial charge in [-0.05, 0) is 17.7 Å². The second kappa shape index (κ2) is 4.42. The van der Waals surface area contributed by atoms with Crippen molar-refractivity contribution in [1.82, 2.24) is 10.3 Å². The van der Waals surface area contributed by atoms with Crippen LogP contribution in [0.1, 0.15) is 11.5 Å². The van der Waals surface area contributed by atoms with E-state index in [1.807, 2.05) is 25.1 Å². The maximum atomic E-state index is 5.40. The lowest BCUT2D eigenvalue weighted by Crippen LogP contribution is -2.21. The van der Waals surface area contributed by atoms with Gasteiger partial charge in [0.1, 0.15) is 5.52 Å². The van der Waals surface area contributed by atoms with Gasteiger partial charge in [0.2, 0.25) is 0 Å². The summed E-state index contributed by atoms with van der Waals surface area (Å²) in [6.07, 6.45) is 0. The SMILES string of the molecule is Cc1nc2cc(CNCCN)ccc2o1. The molecule has 0 aliphatic heterocycles. The minimum absolute atomic E-state index is 0.658. The molecule has 0 amide bonds. The van der Waals surface area contributed by atoms with Gasteiger partial charge >= 0.3 is 0 Å². The van der Waals surface area contributed by atoms with Crippen molar-refractivity contribution in [2.75, 3.05) is 13.1 Å². The van der Waals surface area contributed by atoms with Crippen LogP contribution in [0.4, 0.5) is 0 Å². The molecule has 0 unspecified atom stereocenters. The maximum absolute atomic E-state index is 5.40. The quantitative estimate of drug-likeness (QED) is 0.736. The fourth-order valence-corrected chi connectivity index (χ4v) is 1.53. The van der Waals surface area contributed by atoms with Crippen molar-refractivity contribution in [3.8, 4) is 0 Å². The molecule has 0 radical (unpaired) electrons. The zero-order chi connectivity index (χ0) is 10.7. The Morgan fingerprint density at radius 1 is 1.47 bits per heavy atom. The molecule has 2 rings (SSSR count). The van der Waals surface area contributed by atoms with E-state index in [0.29, 0.717) is 12.4 Å². The molecule has 0 bridgehead atoms. The summed E-state index contributed by atoms with van der Waals surface area (Å²) in [4.78, 5) is 4.28. The fraction of sp³-hybridized carbons (Fsp3) is 0.364. The van der Waals surface area contributed by atoms with Gasteiger partial charge in [-0.1, -0.05) is 6.07 Å². The number of nitrogens with one attached hydrogen (secondary N) is 1. The van der Waals surface area contributed by atoms with Crippen LogP contribution in [0.15, 0.2) is 22.6 Å². The molecule has 0 saturated heterocycles. The van der Waals surface area contributed by atoms with E-state index >= 15 is 0 Å². The number of oxazole rings is 1. The maximum Gasteiger partial charge on any atom is 0.192 e. The highest BCUT2D eigenvalue weighted by Gasteiger charge is 2.02. The number of hydrogen-bond acceptors (Lipinski definition) is 4. The van der Waals surface area contributed by atoms with Crippen molar-refractivity contribution in [3.05, 3.63) is 29.7 Å². The summed E-state index contributed by atoms with van der Waals surface area (Å²) in [6, 6.07) is 6.03. The molecule has 4 heteroatoms. The Kier molecular flexibility index (Phi) is 2.99. The van der Waals surface area contributed by atoms with Crippen LogP contribution in [0.25, 0.3) is 11.1 Å². The second-order valence-electron chi connectivity index (χ2n) is 3.50. The minimum atomic E-state index is 0.658. The molecule has 0 saturated carbocycles. The highest BCUT2D eigenvalue weighted by molar-refractivity contribution is 5.73. The Morgan fingerprint density at radius 3 is 3.13 bits per heavy atom. The van der Waals surface area contributed by atoms with E-state index in [2.05, 4.69) is 10.3 Å². The normalized spacial score (nSPS) is 11.1. The molecular weight excluding hydrogens is 190 g/mol. The van der Waals surface area contributed by atoms with Gasteiger partial charge in [0.25, 0.3) is 0 Å². The summed E-state index contributed by atoms with van der Waals surface area (Å²) in [7, 11) is 0. The number of hydrogen-bond donors (Lipinski definition) is 2. The first kappa shape index (κ1) is 10.1. The van der Waals surface area contributed by atoms with E-state index < -0.39 is 0 Å². The van der Waals surface area contributed by atoms with Crippen LogP contribution in [0, 0.1) is 6.92 Å². The number of nitrogens with two attached hydrogens (primary N) is 1. The van der Waals surface area contributed by atoms with Crippen molar-refractivity contribution in [1.29, 1.82) is 0 Å². The molecule has 1 aromatic heterocycles. The zero-order valence-electron chi connectivity index (χ0n) is 8.79. The van der Waals surface area contributed by atoms with Crippen LogP contribution < -0.4 is 11.1 Å². The van der Waals surface area contributed by atoms with Gasteiger partial charge in [-0.2, -0.15) is 0 Å². The second-order valence-corrected chi connectivity index (χ2v) is 3.50. The van der Waals surface area contributed by atoms with Crippen molar-refractivity contribution < 1.29 is 4.42 Å². The van der Waals surface area contributed by atoms with E-state index in [4.69, 9.17) is 10.2 Å². The van der Waals surface area contributed by atoms with Gasteiger partial charge < -0.3 is 15.5 Å². The summed E-state index contributed by atoms with van der Waals surface area (Å²) < 4.78 is 5.40. The third-order valence-electron chi connectivity index (χ3n) is 2.21. The highest BCUT2D eigenvalue weighted by atomic mass is 16.3. The number of nitrogens with zero attached hydrogens (tertiary/aromatic N) is 1. The number of aromatic nitrogens is 1. The molecule has 1 heterocycles. The summed E-state index contributed by atoms with van der Waals surface area (Å²) in [6.45, 7) is 4.16. The standard InChI is InChI=1S/C11H15N3O/c1-8-14-10-6-9(7-13-5-4-12)2-3-11(10)15-8/h2-3,6,13H,4-5,7,12H2,1H3. The molecule has 1 aromatic carbocycles. The van der Waals surface area contributed by atoms with Crippen molar-refractivity contribution >= 4 is 11.1 Å². The largest absolute Gasteiger partial charge is 0.441 e. The lowest BCUT2D eigenvalue weighted by Gasteiger charge is -2.02. The average molecular weight is 205 g/mol. The van der Waals surface area contributed by atoms with Gasteiger partial charge in [-0.25, -0.2) is 4.98 Å². The van der Waals surface area contributed by atoms with Crippen LogP contribution >= 0.6 is 0 Å². The van der Waals surface area contributed by atoms with Crippen molar-refractivity contribution in [2.45, 2.75) is 13.5 Å². The molecular formula is C11H15N3O. The smallest absolute Gasteiger partial charge is 0.192 e. The Bertz CT molecular complexity index is 450. The third-order valence-corrected chi connectivity index (χ3v) is 2.21. The fourth-order valence-electron chi connectivity index (χ4n) is 1.53. The molecule has 0 spiro atoms. The molecule has 2 aromatic rings. The lowest BCUT2D eigenvalue weighted by molar-refractivity contribution is 0.561. The van der Waals surface area contributed by atoms with Crippen molar-refractivity contribution in [2.24, 2.45) is 5.73 Å². The molecule has 15 heavy (non-hydrogen) atoms. The van der Waals surface area contributed by atoms with E-state index in [1.165, 1.54) is 5.56 Å². The predicted octanol–water partition coefficient (Wildman–Crippen LogP) is 1.18. The molecule has 80 valence electrons. The Balaban J connectivity index is 2.15. The summed E-state index contributed by atoms with van der Waals surface area (Å²) in [5.74, 6) is 0.706. The van der Waals surface area contributed by atoms with Crippen LogP contribution in [-0.4, -0.2) is 18.1 Å². The first-order valence-electron chi connectivity index (χ1n) is 5.06. The Morgan fingerprint density at radius 2 is 2.33 bits per heavy atom. The number of aryl methyl sites for hydroxylation is 1. The molecule has 0 aliphatic carbocycles. The first-order valence-corrected chi connectivity index (χ1v) is 5.06. The molecule has 0 fully saturated rings.